The van der Waals surface area contributed by atoms with Crippen molar-refractivity contribution in [1.82, 2.24) is 5.32 Å². The van der Waals surface area contributed by atoms with Gasteiger partial charge in [-0.15, -0.1) is 0 Å². The van der Waals surface area contributed by atoms with Crippen LogP contribution in [0.15, 0.2) is 24.3 Å². The molecule has 118 valence electrons. The van der Waals surface area contributed by atoms with Crippen LogP contribution >= 0.6 is 0 Å². The van der Waals surface area contributed by atoms with E-state index in [0.29, 0.717) is 25.3 Å². The minimum atomic E-state index is 0.393. The Balaban J connectivity index is 1.73. The van der Waals surface area contributed by atoms with Crippen molar-refractivity contribution in [2.75, 3.05) is 45.4 Å². The summed E-state index contributed by atoms with van der Waals surface area (Å²) < 4.78 is 16.0. The Kier molecular flexibility index (Phi) is 6.79. The van der Waals surface area contributed by atoms with Gasteiger partial charge in [-0.2, -0.15) is 0 Å². The van der Waals surface area contributed by atoms with Gasteiger partial charge in [0.1, 0.15) is 12.4 Å². The average molecular weight is 294 g/mol. The van der Waals surface area contributed by atoms with E-state index in [1.807, 2.05) is 24.3 Å². The van der Waals surface area contributed by atoms with Gasteiger partial charge in [0.25, 0.3) is 0 Å². The van der Waals surface area contributed by atoms with Crippen LogP contribution in [0.2, 0.25) is 0 Å². The Bertz CT molecular complexity index is 391. The van der Waals surface area contributed by atoms with Crippen molar-refractivity contribution in [2.45, 2.75) is 25.4 Å². The molecule has 1 aliphatic heterocycles. The molecule has 5 nitrogen and oxygen atoms in total. The predicted octanol–water partition coefficient (Wildman–Crippen LogP) is 1.89. The van der Waals surface area contributed by atoms with Crippen molar-refractivity contribution in [3.05, 3.63) is 24.3 Å². The van der Waals surface area contributed by atoms with E-state index in [2.05, 4.69) is 17.6 Å². The van der Waals surface area contributed by atoms with Crippen LogP contribution in [-0.2, 0) is 9.47 Å². The molecule has 2 atom stereocenters. The summed E-state index contributed by atoms with van der Waals surface area (Å²) in [6.45, 7) is 5.95. The van der Waals surface area contributed by atoms with Gasteiger partial charge in [0, 0.05) is 31.4 Å². The molecule has 1 fully saturated rings. The van der Waals surface area contributed by atoms with Crippen molar-refractivity contribution in [3.8, 4) is 5.75 Å². The molecule has 1 aromatic carbocycles. The van der Waals surface area contributed by atoms with Crippen LogP contribution < -0.4 is 15.4 Å². The molecule has 0 aliphatic carbocycles. The third kappa shape index (κ3) is 5.91. The SMILES string of the molecule is COCCOc1ccc(NC(C)CC2COCCN2)cc1. The summed E-state index contributed by atoms with van der Waals surface area (Å²) in [5, 5.41) is 6.98. The van der Waals surface area contributed by atoms with Gasteiger partial charge in [0.15, 0.2) is 0 Å². The van der Waals surface area contributed by atoms with E-state index in [-0.39, 0.29) is 0 Å². The maximum Gasteiger partial charge on any atom is 0.119 e. The normalized spacial score (nSPS) is 20.0. The molecule has 2 unspecified atom stereocenters. The van der Waals surface area contributed by atoms with E-state index in [9.17, 15) is 0 Å². The van der Waals surface area contributed by atoms with Gasteiger partial charge in [-0.05, 0) is 37.6 Å². The third-order valence-electron chi connectivity index (χ3n) is 3.46. The number of benzene rings is 1. The summed E-state index contributed by atoms with van der Waals surface area (Å²) in [5.74, 6) is 0.868. The van der Waals surface area contributed by atoms with Crippen LogP contribution in [0.3, 0.4) is 0 Å². The highest BCUT2D eigenvalue weighted by molar-refractivity contribution is 5.47. The molecule has 0 radical (unpaired) electrons. The topological polar surface area (TPSA) is 51.8 Å². The number of hydrogen-bond donors (Lipinski definition) is 2. The van der Waals surface area contributed by atoms with Crippen LogP contribution in [-0.4, -0.2) is 52.2 Å². The van der Waals surface area contributed by atoms with Gasteiger partial charge in [-0.25, -0.2) is 0 Å². The van der Waals surface area contributed by atoms with E-state index < -0.39 is 0 Å². The van der Waals surface area contributed by atoms with Crippen molar-refractivity contribution in [1.29, 1.82) is 0 Å². The number of nitrogens with one attached hydrogen (secondary N) is 2. The lowest BCUT2D eigenvalue weighted by Gasteiger charge is -2.27. The van der Waals surface area contributed by atoms with Crippen molar-refractivity contribution < 1.29 is 14.2 Å². The number of hydrogen-bond acceptors (Lipinski definition) is 5. The highest BCUT2D eigenvalue weighted by Crippen LogP contribution is 2.17. The summed E-state index contributed by atoms with van der Waals surface area (Å²) in [4.78, 5) is 0. The molecule has 0 amide bonds. The molecule has 1 saturated heterocycles. The Morgan fingerprint density at radius 1 is 1.33 bits per heavy atom. The molecule has 1 aromatic rings. The number of ether oxygens (including phenoxy) is 3. The second kappa shape index (κ2) is 8.87. The highest BCUT2D eigenvalue weighted by atomic mass is 16.5. The van der Waals surface area contributed by atoms with Gasteiger partial charge in [-0.1, -0.05) is 0 Å². The zero-order valence-corrected chi connectivity index (χ0v) is 12.9. The lowest BCUT2D eigenvalue weighted by Crippen LogP contribution is -2.43. The van der Waals surface area contributed by atoms with E-state index in [1.165, 1.54) is 0 Å². The molecule has 1 heterocycles. The van der Waals surface area contributed by atoms with Crippen LogP contribution in [0.1, 0.15) is 13.3 Å². The fourth-order valence-electron chi connectivity index (χ4n) is 2.43. The fourth-order valence-corrected chi connectivity index (χ4v) is 2.43. The zero-order valence-electron chi connectivity index (χ0n) is 12.9. The molecular formula is C16H26N2O3. The van der Waals surface area contributed by atoms with Gasteiger partial charge in [0.05, 0.1) is 19.8 Å². The van der Waals surface area contributed by atoms with Gasteiger partial charge >= 0.3 is 0 Å². The van der Waals surface area contributed by atoms with Crippen LogP contribution in [0.5, 0.6) is 5.75 Å². The lowest BCUT2D eigenvalue weighted by molar-refractivity contribution is 0.0731. The monoisotopic (exact) mass is 294 g/mol. The molecule has 1 aliphatic rings. The minimum Gasteiger partial charge on any atom is -0.491 e. The zero-order chi connectivity index (χ0) is 14.9. The summed E-state index contributed by atoms with van der Waals surface area (Å²) in [7, 11) is 1.67. The Labute approximate surface area is 127 Å². The second-order valence-electron chi connectivity index (χ2n) is 5.37. The molecule has 21 heavy (non-hydrogen) atoms. The fraction of sp³-hybridized carbons (Fsp3) is 0.625. The molecule has 5 heteroatoms. The molecule has 0 spiro atoms. The minimum absolute atomic E-state index is 0.393. The summed E-state index contributed by atoms with van der Waals surface area (Å²) in [6.07, 6.45) is 1.05. The van der Waals surface area contributed by atoms with E-state index >= 15 is 0 Å². The molecule has 2 N–H and O–H groups in total. The highest BCUT2D eigenvalue weighted by Gasteiger charge is 2.16. The van der Waals surface area contributed by atoms with Crippen molar-refractivity contribution >= 4 is 5.69 Å². The Morgan fingerprint density at radius 3 is 2.81 bits per heavy atom. The van der Waals surface area contributed by atoms with Crippen molar-refractivity contribution in [2.24, 2.45) is 0 Å². The largest absolute Gasteiger partial charge is 0.491 e. The number of rotatable bonds is 8. The molecule has 0 saturated carbocycles. The molecule has 0 aromatic heterocycles. The van der Waals surface area contributed by atoms with Crippen LogP contribution in [0.4, 0.5) is 5.69 Å². The first-order valence-corrected chi connectivity index (χ1v) is 7.57. The first-order chi connectivity index (χ1) is 10.3. The molecule has 2 rings (SSSR count). The maximum absolute atomic E-state index is 5.55. The number of morpholine rings is 1. The van der Waals surface area contributed by atoms with Crippen molar-refractivity contribution in [3.63, 3.8) is 0 Å². The maximum atomic E-state index is 5.55. The molecular weight excluding hydrogens is 268 g/mol. The van der Waals surface area contributed by atoms with Crippen LogP contribution in [0, 0.1) is 0 Å². The number of anilines is 1. The van der Waals surface area contributed by atoms with E-state index in [0.717, 1.165) is 37.6 Å². The van der Waals surface area contributed by atoms with E-state index in [1.54, 1.807) is 7.11 Å². The summed E-state index contributed by atoms with van der Waals surface area (Å²) >= 11 is 0. The first-order valence-electron chi connectivity index (χ1n) is 7.57. The Hall–Kier alpha value is -1.30. The smallest absolute Gasteiger partial charge is 0.119 e. The first kappa shape index (κ1) is 16.1. The lowest BCUT2D eigenvalue weighted by atomic mass is 10.1. The third-order valence-corrected chi connectivity index (χ3v) is 3.46. The van der Waals surface area contributed by atoms with E-state index in [4.69, 9.17) is 14.2 Å². The summed E-state index contributed by atoms with van der Waals surface area (Å²) in [5.41, 5.74) is 1.11. The second-order valence-corrected chi connectivity index (χ2v) is 5.37. The van der Waals surface area contributed by atoms with Gasteiger partial charge < -0.3 is 24.8 Å². The number of methoxy groups -OCH3 is 1. The Morgan fingerprint density at radius 2 is 2.14 bits per heavy atom. The quantitative estimate of drug-likeness (QED) is 0.717. The van der Waals surface area contributed by atoms with Gasteiger partial charge in [-0.3, -0.25) is 0 Å². The van der Waals surface area contributed by atoms with Gasteiger partial charge in [0.2, 0.25) is 0 Å². The standard InChI is InChI=1S/C16H26N2O3/c1-13(11-15-12-20-8-7-17-15)18-14-3-5-16(6-4-14)21-10-9-19-2/h3-6,13,15,17-18H,7-12H2,1-2H3. The predicted molar refractivity (Wildman–Crippen MR) is 84.1 cm³/mol. The van der Waals surface area contributed by atoms with Crippen LogP contribution in [0.25, 0.3) is 0 Å². The average Bonchev–Trinajstić information content (AvgIpc) is 2.50. The summed E-state index contributed by atoms with van der Waals surface area (Å²) in [6, 6.07) is 8.88. The molecule has 0 bridgehead atoms.